The van der Waals surface area contributed by atoms with Crippen LogP contribution in [0.15, 0.2) is 42.5 Å². The van der Waals surface area contributed by atoms with Gasteiger partial charge in [0.25, 0.3) is 11.6 Å². The fourth-order valence-corrected chi connectivity index (χ4v) is 2.19. The van der Waals surface area contributed by atoms with Gasteiger partial charge in [-0.05, 0) is 24.6 Å². The first-order chi connectivity index (χ1) is 11.4. The van der Waals surface area contributed by atoms with E-state index in [9.17, 15) is 19.7 Å². The van der Waals surface area contributed by atoms with Gasteiger partial charge in [-0.2, -0.15) is 0 Å². The van der Waals surface area contributed by atoms with Crippen molar-refractivity contribution in [2.75, 3.05) is 11.9 Å². The summed E-state index contributed by atoms with van der Waals surface area (Å²) in [6, 6.07) is 10.7. The summed E-state index contributed by atoms with van der Waals surface area (Å²) in [7, 11) is 0. The van der Waals surface area contributed by atoms with Crippen LogP contribution < -0.4 is 5.32 Å². The maximum Gasteiger partial charge on any atom is 0.340 e. The number of hydrogen-bond donors (Lipinski definition) is 1. The molecule has 0 aromatic heterocycles. The van der Waals surface area contributed by atoms with Crippen molar-refractivity contribution in [1.82, 2.24) is 0 Å². The van der Waals surface area contributed by atoms with E-state index in [2.05, 4.69) is 5.32 Å². The number of hydrogen-bond acceptors (Lipinski definition) is 5. The van der Waals surface area contributed by atoms with E-state index in [4.69, 9.17) is 16.3 Å². The summed E-state index contributed by atoms with van der Waals surface area (Å²) in [5, 5.41) is 13.6. The monoisotopic (exact) mass is 348 g/mol. The predicted molar refractivity (Wildman–Crippen MR) is 88.2 cm³/mol. The van der Waals surface area contributed by atoms with Gasteiger partial charge in [0.2, 0.25) is 0 Å². The first-order valence-corrected chi connectivity index (χ1v) is 7.23. The Hall–Kier alpha value is -2.93. The van der Waals surface area contributed by atoms with Crippen LogP contribution in [0.1, 0.15) is 15.9 Å². The molecule has 0 atom stereocenters. The van der Waals surface area contributed by atoms with Gasteiger partial charge in [0.15, 0.2) is 6.61 Å². The highest BCUT2D eigenvalue weighted by atomic mass is 35.5. The minimum absolute atomic E-state index is 0.0706. The molecule has 1 amide bonds. The molecule has 0 spiro atoms. The van der Waals surface area contributed by atoms with Crippen LogP contribution in [-0.4, -0.2) is 23.4 Å². The molecule has 1 N–H and O–H groups in total. The molecule has 0 aliphatic heterocycles. The van der Waals surface area contributed by atoms with E-state index >= 15 is 0 Å². The minimum atomic E-state index is -0.755. The zero-order chi connectivity index (χ0) is 17.7. The molecular weight excluding hydrogens is 336 g/mol. The van der Waals surface area contributed by atoms with Crippen LogP contribution in [0, 0.1) is 17.0 Å². The van der Waals surface area contributed by atoms with Gasteiger partial charge in [-0.3, -0.25) is 14.9 Å². The molecule has 0 radical (unpaired) electrons. The fourth-order valence-electron chi connectivity index (χ4n) is 1.98. The Morgan fingerprint density at radius 1 is 1.21 bits per heavy atom. The molecular formula is C16H13ClN2O5. The van der Waals surface area contributed by atoms with E-state index in [0.29, 0.717) is 5.56 Å². The van der Waals surface area contributed by atoms with Gasteiger partial charge in [0, 0.05) is 6.07 Å². The third-order valence-electron chi connectivity index (χ3n) is 3.14. The molecule has 0 saturated carbocycles. The highest BCUT2D eigenvalue weighted by Crippen LogP contribution is 2.27. The fraction of sp³-hybridized carbons (Fsp3) is 0.125. The zero-order valence-electron chi connectivity index (χ0n) is 12.6. The number of anilines is 1. The molecule has 0 saturated heterocycles. The predicted octanol–water partition coefficient (Wildman–Crippen LogP) is 3.35. The van der Waals surface area contributed by atoms with Crippen LogP contribution in [0.4, 0.5) is 11.4 Å². The lowest BCUT2D eigenvalue weighted by Gasteiger charge is -2.09. The molecule has 2 aromatic rings. The van der Waals surface area contributed by atoms with Crippen LogP contribution >= 0.6 is 11.6 Å². The van der Waals surface area contributed by atoms with Crippen LogP contribution in [0.2, 0.25) is 5.02 Å². The number of ether oxygens (including phenoxy) is 1. The Morgan fingerprint density at radius 2 is 1.92 bits per heavy atom. The maximum atomic E-state index is 11.9. The van der Waals surface area contributed by atoms with Crippen molar-refractivity contribution in [1.29, 1.82) is 0 Å². The number of esters is 1. The molecule has 0 heterocycles. The summed E-state index contributed by atoms with van der Waals surface area (Å²) < 4.78 is 4.88. The summed E-state index contributed by atoms with van der Waals surface area (Å²) in [6.45, 7) is 1.04. The summed E-state index contributed by atoms with van der Waals surface area (Å²) in [5.41, 5.74) is 0.492. The first kappa shape index (κ1) is 17.4. The van der Waals surface area contributed by atoms with E-state index < -0.39 is 23.4 Å². The third-order valence-corrected chi connectivity index (χ3v) is 3.47. The number of benzene rings is 2. The van der Waals surface area contributed by atoms with Gasteiger partial charge < -0.3 is 10.1 Å². The SMILES string of the molecule is Cc1cccc([N+](=O)[O-])c1NC(=O)COC(=O)c1ccccc1Cl. The van der Waals surface area contributed by atoms with Crippen LogP contribution in [0.25, 0.3) is 0 Å². The standard InChI is InChI=1S/C16H13ClN2O5/c1-10-5-4-8-13(19(22)23)15(10)18-14(20)9-24-16(21)11-6-2-3-7-12(11)17/h2-8H,9H2,1H3,(H,18,20). The number of nitro groups is 1. The molecule has 2 rings (SSSR count). The number of carbonyl (C=O) groups is 2. The van der Waals surface area contributed by atoms with E-state index in [1.54, 1.807) is 25.1 Å². The quantitative estimate of drug-likeness (QED) is 0.507. The number of nitro benzene ring substituents is 1. The number of carbonyl (C=O) groups excluding carboxylic acids is 2. The van der Waals surface area contributed by atoms with Gasteiger partial charge in [-0.15, -0.1) is 0 Å². The molecule has 124 valence electrons. The molecule has 2 aromatic carbocycles. The van der Waals surface area contributed by atoms with Gasteiger partial charge in [0.1, 0.15) is 5.69 Å². The number of amides is 1. The van der Waals surface area contributed by atoms with E-state index in [1.807, 2.05) is 0 Å². The van der Waals surface area contributed by atoms with Gasteiger partial charge in [0.05, 0.1) is 15.5 Å². The second-order valence-electron chi connectivity index (χ2n) is 4.83. The zero-order valence-corrected chi connectivity index (χ0v) is 13.4. The summed E-state index contributed by atoms with van der Waals surface area (Å²) in [4.78, 5) is 34.2. The molecule has 0 bridgehead atoms. The van der Waals surface area contributed by atoms with E-state index in [1.165, 1.54) is 24.3 Å². The van der Waals surface area contributed by atoms with Crippen molar-refractivity contribution in [3.05, 3.63) is 68.7 Å². The van der Waals surface area contributed by atoms with E-state index in [-0.39, 0.29) is 22.0 Å². The Morgan fingerprint density at radius 3 is 2.58 bits per heavy atom. The smallest absolute Gasteiger partial charge is 0.340 e. The Kier molecular flexibility index (Phi) is 5.49. The highest BCUT2D eigenvalue weighted by Gasteiger charge is 2.19. The minimum Gasteiger partial charge on any atom is -0.452 e. The molecule has 0 unspecified atom stereocenters. The van der Waals surface area contributed by atoms with Crippen molar-refractivity contribution >= 4 is 34.9 Å². The van der Waals surface area contributed by atoms with Crippen LogP contribution in [0.3, 0.4) is 0 Å². The molecule has 7 nitrogen and oxygen atoms in total. The number of nitrogens with one attached hydrogen (secondary N) is 1. The number of rotatable bonds is 5. The molecule has 0 aliphatic rings. The molecule has 8 heteroatoms. The third kappa shape index (κ3) is 4.08. The van der Waals surface area contributed by atoms with Gasteiger partial charge in [-0.1, -0.05) is 35.9 Å². The Balaban J connectivity index is 2.04. The molecule has 0 fully saturated rings. The largest absolute Gasteiger partial charge is 0.452 e. The number of nitrogens with zero attached hydrogens (tertiary/aromatic N) is 1. The lowest BCUT2D eigenvalue weighted by molar-refractivity contribution is -0.384. The lowest BCUT2D eigenvalue weighted by Crippen LogP contribution is -2.22. The first-order valence-electron chi connectivity index (χ1n) is 6.85. The second-order valence-corrected chi connectivity index (χ2v) is 5.24. The summed E-state index contributed by atoms with van der Waals surface area (Å²) in [5.74, 6) is -1.44. The summed E-state index contributed by atoms with van der Waals surface area (Å²) >= 11 is 5.86. The van der Waals surface area contributed by atoms with Gasteiger partial charge >= 0.3 is 5.97 Å². The van der Waals surface area contributed by atoms with Crippen molar-refractivity contribution in [3.63, 3.8) is 0 Å². The number of halogens is 1. The summed E-state index contributed by atoms with van der Waals surface area (Å²) in [6.07, 6.45) is 0. The van der Waals surface area contributed by atoms with Gasteiger partial charge in [-0.25, -0.2) is 4.79 Å². The van der Waals surface area contributed by atoms with Crippen molar-refractivity contribution in [2.24, 2.45) is 0 Å². The molecule has 24 heavy (non-hydrogen) atoms. The van der Waals surface area contributed by atoms with Crippen molar-refractivity contribution in [2.45, 2.75) is 6.92 Å². The maximum absolute atomic E-state index is 11.9. The average molecular weight is 349 g/mol. The average Bonchev–Trinajstić information content (AvgIpc) is 2.54. The highest BCUT2D eigenvalue weighted by molar-refractivity contribution is 6.33. The number of aryl methyl sites for hydroxylation is 1. The van der Waals surface area contributed by atoms with E-state index in [0.717, 1.165) is 0 Å². The van der Waals surface area contributed by atoms with Crippen LogP contribution in [-0.2, 0) is 9.53 Å². The second kappa shape index (κ2) is 7.56. The van der Waals surface area contributed by atoms with Crippen LogP contribution in [0.5, 0.6) is 0 Å². The molecule has 0 aliphatic carbocycles. The van der Waals surface area contributed by atoms with Crippen molar-refractivity contribution < 1.29 is 19.2 Å². The number of para-hydroxylation sites is 1. The lowest BCUT2D eigenvalue weighted by atomic mass is 10.1. The van der Waals surface area contributed by atoms with Crippen molar-refractivity contribution in [3.8, 4) is 0 Å². The normalized spacial score (nSPS) is 10.1. The topological polar surface area (TPSA) is 98.5 Å². The Labute approximate surface area is 142 Å². The Bertz CT molecular complexity index is 807.